The molecule has 0 radical (unpaired) electrons. The van der Waals surface area contributed by atoms with E-state index in [1.54, 1.807) is 0 Å². The molecule has 0 aliphatic rings. The van der Waals surface area contributed by atoms with Gasteiger partial charge in [-0.1, -0.05) is 23.2 Å². The van der Waals surface area contributed by atoms with Gasteiger partial charge in [0.05, 0.1) is 16.6 Å². The minimum atomic E-state index is -1.17. The average Bonchev–Trinajstić information content (AvgIpc) is 2.38. The summed E-state index contributed by atoms with van der Waals surface area (Å²) in [5, 5.41) is 15.8. The second-order valence-corrected chi connectivity index (χ2v) is 4.42. The van der Waals surface area contributed by atoms with Gasteiger partial charge in [-0.15, -0.1) is 0 Å². The third-order valence-electron chi connectivity index (χ3n) is 2.02. The Hall–Kier alpha value is -1.99. The van der Waals surface area contributed by atoms with E-state index in [1.165, 1.54) is 18.2 Å². The van der Waals surface area contributed by atoms with Crippen LogP contribution in [0.3, 0.4) is 0 Å². The summed E-state index contributed by atoms with van der Waals surface area (Å²) < 4.78 is 0. The first-order chi connectivity index (χ1) is 9.38. The van der Waals surface area contributed by atoms with E-state index in [9.17, 15) is 14.4 Å². The Kier molecular flexibility index (Phi) is 6.08. The Morgan fingerprint density at radius 3 is 2.35 bits per heavy atom. The number of urea groups is 1. The minimum Gasteiger partial charge on any atom is -0.480 e. The summed E-state index contributed by atoms with van der Waals surface area (Å²) in [5.74, 6) is -1.78. The van der Waals surface area contributed by atoms with Crippen LogP contribution in [0.2, 0.25) is 10.0 Å². The van der Waals surface area contributed by atoms with Crippen LogP contribution in [0.15, 0.2) is 18.2 Å². The molecule has 4 N–H and O–H groups in total. The molecule has 0 aliphatic heterocycles. The summed E-state index contributed by atoms with van der Waals surface area (Å²) in [6, 6.07) is 3.87. The first-order valence-electron chi connectivity index (χ1n) is 5.37. The van der Waals surface area contributed by atoms with Crippen molar-refractivity contribution in [2.45, 2.75) is 0 Å². The highest BCUT2D eigenvalue weighted by Gasteiger charge is 2.07. The molecule has 108 valence electrons. The van der Waals surface area contributed by atoms with Gasteiger partial charge in [0.15, 0.2) is 0 Å². The van der Waals surface area contributed by atoms with Gasteiger partial charge in [-0.05, 0) is 18.2 Å². The maximum atomic E-state index is 11.5. The number of anilines is 1. The van der Waals surface area contributed by atoms with Crippen molar-refractivity contribution in [3.8, 4) is 0 Å². The van der Waals surface area contributed by atoms with Gasteiger partial charge < -0.3 is 21.1 Å². The van der Waals surface area contributed by atoms with E-state index in [4.69, 9.17) is 28.3 Å². The molecule has 20 heavy (non-hydrogen) atoms. The van der Waals surface area contributed by atoms with Gasteiger partial charge in [-0.25, -0.2) is 4.79 Å². The largest absolute Gasteiger partial charge is 0.480 e. The van der Waals surface area contributed by atoms with Gasteiger partial charge in [0, 0.05) is 5.69 Å². The SMILES string of the molecule is O=C(O)CNC(=O)CNC(=O)Nc1ccc(Cl)c(Cl)c1. The molecule has 1 aromatic rings. The lowest BCUT2D eigenvalue weighted by molar-refractivity contribution is -0.137. The Morgan fingerprint density at radius 1 is 1.05 bits per heavy atom. The summed E-state index contributed by atoms with van der Waals surface area (Å²) >= 11 is 11.5. The number of hydrogen-bond donors (Lipinski definition) is 4. The van der Waals surface area contributed by atoms with Gasteiger partial charge >= 0.3 is 12.0 Å². The predicted octanol–water partition coefficient (Wildman–Crippen LogP) is 1.32. The van der Waals surface area contributed by atoms with Crippen molar-refractivity contribution in [2.24, 2.45) is 0 Å². The Balaban J connectivity index is 2.38. The molecule has 0 bridgehead atoms. The van der Waals surface area contributed by atoms with Crippen LogP contribution in [0.5, 0.6) is 0 Å². The van der Waals surface area contributed by atoms with Crippen molar-refractivity contribution in [1.82, 2.24) is 10.6 Å². The van der Waals surface area contributed by atoms with E-state index in [-0.39, 0.29) is 11.6 Å². The predicted molar refractivity (Wildman–Crippen MR) is 74.1 cm³/mol. The number of carbonyl (C=O) groups is 3. The smallest absolute Gasteiger partial charge is 0.322 e. The summed E-state index contributed by atoms with van der Waals surface area (Å²) in [6.45, 7) is -0.852. The third-order valence-corrected chi connectivity index (χ3v) is 2.76. The quantitative estimate of drug-likeness (QED) is 0.656. The Labute approximate surface area is 124 Å². The van der Waals surface area contributed by atoms with E-state index in [0.29, 0.717) is 10.7 Å². The van der Waals surface area contributed by atoms with Gasteiger partial charge in [0.1, 0.15) is 6.54 Å². The number of benzene rings is 1. The highest BCUT2D eigenvalue weighted by atomic mass is 35.5. The van der Waals surface area contributed by atoms with Gasteiger partial charge in [0.2, 0.25) is 5.91 Å². The maximum Gasteiger partial charge on any atom is 0.322 e. The fourth-order valence-electron chi connectivity index (χ4n) is 1.15. The Bertz CT molecular complexity index is 536. The molecular formula is C11H11Cl2N3O4. The van der Waals surface area contributed by atoms with Crippen molar-refractivity contribution in [3.63, 3.8) is 0 Å². The van der Waals surface area contributed by atoms with E-state index in [2.05, 4.69) is 16.0 Å². The van der Waals surface area contributed by atoms with Crippen LogP contribution in [0, 0.1) is 0 Å². The van der Waals surface area contributed by atoms with E-state index in [1.807, 2.05) is 0 Å². The second kappa shape index (κ2) is 7.56. The number of amides is 3. The van der Waals surface area contributed by atoms with E-state index in [0.717, 1.165) is 0 Å². The van der Waals surface area contributed by atoms with E-state index < -0.39 is 24.5 Å². The Morgan fingerprint density at radius 2 is 1.75 bits per heavy atom. The molecule has 1 aromatic carbocycles. The van der Waals surface area contributed by atoms with Crippen LogP contribution < -0.4 is 16.0 Å². The molecule has 0 heterocycles. The van der Waals surface area contributed by atoms with Gasteiger partial charge in [-0.2, -0.15) is 0 Å². The van der Waals surface area contributed by atoms with Crippen LogP contribution in [0.1, 0.15) is 0 Å². The molecule has 0 saturated heterocycles. The number of nitrogens with one attached hydrogen (secondary N) is 3. The number of carboxylic acids is 1. The lowest BCUT2D eigenvalue weighted by Crippen LogP contribution is -2.40. The van der Waals surface area contributed by atoms with Crippen molar-refractivity contribution in [2.75, 3.05) is 18.4 Å². The monoisotopic (exact) mass is 319 g/mol. The van der Waals surface area contributed by atoms with Crippen LogP contribution in [-0.4, -0.2) is 36.1 Å². The van der Waals surface area contributed by atoms with Gasteiger partial charge in [0.25, 0.3) is 0 Å². The molecule has 0 fully saturated rings. The molecule has 0 unspecified atom stereocenters. The molecule has 0 atom stereocenters. The van der Waals surface area contributed by atoms with Crippen LogP contribution in [-0.2, 0) is 9.59 Å². The highest BCUT2D eigenvalue weighted by molar-refractivity contribution is 6.42. The molecule has 7 nitrogen and oxygen atoms in total. The van der Waals surface area contributed by atoms with Crippen molar-refractivity contribution in [1.29, 1.82) is 0 Å². The zero-order chi connectivity index (χ0) is 15.1. The third kappa shape index (κ3) is 5.77. The van der Waals surface area contributed by atoms with Crippen molar-refractivity contribution < 1.29 is 19.5 Å². The fourth-order valence-corrected chi connectivity index (χ4v) is 1.44. The summed E-state index contributed by atoms with van der Waals surface area (Å²) in [7, 11) is 0. The molecule has 9 heteroatoms. The fraction of sp³-hybridized carbons (Fsp3) is 0.182. The molecule has 1 rings (SSSR count). The zero-order valence-corrected chi connectivity index (χ0v) is 11.6. The lowest BCUT2D eigenvalue weighted by Gasteiger charge is -2.08. The lowest BCUT2D eigenvalue weighted by atomic mass is 10.3. The minimum absolute atomic E-state index is 0.281. The number of hydrogen-bond acceptors (Lipinski definition) is 3. The normalized spacial score (nSPS) is 9.70. The number of carboxylic acid groups (broad SMARTS) is 1. The summed E-state index contributed by atoms with van der Waals surface area (Å²) in [4.78, 5) is 32.8. The number of aliphatic carboxylic acids is 1. The molecule has 3 amide bonds. The van der Waals surface area contributed by atoms with Crippen LogP contribution in [0.4, 0.5) is 10.5 Å². The van der Waals surface area contributed by atoms with Crippen molar-refractivity contribution in [3.05, 3.63) is 28.2 Å². The second-order valence-electron chi connectivity index (χ2n) is 3.61. The summed E-state index contributed by atoms with van der Waals surface area (Å²) in [6.07, 6.45) is 0. The molecule has 0 saturated carbocycles. The molecular weight excluding hydrogens is 309 g/mol. The first-order valence-corrected chi connectivity index (χ1v) is 6.12. The molecule has 0 spiro atoms. The zero-order valence-electron chi connectivity index (χ0n) is 10.1. The van der Waals surface area contributed by atoms with Crippen LogP contribution >= 0.6 is 23.2 Å². The topological polar surface area (TPSA) is 108 Å². The van der Waals surface area contributed by atoms with Crippen LogP contribution in [0.25, 0.3) is 0 Å². The number of carbonyl (C=O) groups excluding carboxylic acids is 2. The van der Waals surface area contributed by atoms with Gasteiger partial charge in [-0.3, -0.25) is 9.59 Å². The number of rotatable bonds is 5. The van der Waals surface area contributed by atoms with Crippen molar-refractivity contribution >= 4 is 46.8 Å². The highest BCUT2D eigenvalue weighted by Crippen LogP contribution is 2.24. The summed E-state index contributed by atoms with van der Waals surface area (Å²) in [5.41, 5.74) is 0.405. The maximum absolute atomic E-state index is 11.5. The van der Waals surface area contributed by atoms with E-state index >= 15 is 0 Å². The molecule has 0 aliphatic carbocycles. The first kappa shape index (κ1) is 16.1. The average molecular weight is 320 g/mol. The number of halogens is 2. The molecule has 0 aromatic heterocycles. The standard InChI is InChI=1S/C11H11Cl2N3O4/c12-7-2-1-6(3-8(7)13)16-11(20)15-4-9(17)14-5-10(18)19/h1-3H,4-5H2,(H,14,17)(H,18,19)(H2,15,16,20).